The summed E-state index contributed by atoms with van der Waals surface area (Å²) >= 11 is 0. The van der Waals surface area contributed by atoms with Crippen LogP contribution >= 0.6 is 16.1 Å². The zero-order chi connectivity index (χ0) is 10.1. The highest BCUT2D eigenvalue weighted by molar-refractivity contribution is 7.53. The summed E-state index contributed by atoms with van der Waals surface area (Å²) in [4.78, 5) is 0. The molecule has 3 nitrogen and oxygen atoms in total. The Morgan fingerprint density at radius 2 is 1.31 bits per heavy atom. The largest absolute Gasteiger partial charge is 0.296 e. The molecule has 0 aromatic heterocycles. The summed E-state index contributed by atoms with van der Waals surface area (Å²) in [5, 5.41) is 0. The van der Waals surface area contributed by atoms with Crippen LogP contribution in [-0.2, 0) is 13.4 Å². The summed E-state index contributed by atoms with van der Waals surface area (Å²) in [6.07, 6.45) is 5.00. The van der Waals surface area contributed by atoms with Gasteiger partial charge in [-0.05, 0) is 12.8 Å². The van der Waals surface area contributed by atoms with Gasteiger partial charge < -0.3 is 0 Å². The van der Waals surface area contributed by atoms with Gasteiger partial charge in [0, 0.05) is 12.3 Å². The van der Waals surface area contributed by atoms with E-state index >= 15 is 0 Å². The maximum absolute atomic E-state index is 11.2. The molecule has 0 aromatic carbocycles. The fraction of sp³-hybridized carbons (Fsp3) is 1.00. The van der Waals surface area contributed by atoms with Crippen LogP contribution in [0.2, 0.25) is 0 Å². The van der Waals surface area contributed by atoms with E-state index in [1.54, 1.807) is 0 Å². The first kappa shape index (κ1) is 13.4. The van der Waals surface area contributed by atoms with E-state index in [2.05, 4.69) is 0 Å². The van der Waals surface area contributed by atoms with E-state index in [0.29, 0.717) is 12.3 Å². The molecular weight excluding hydrogens is 206 g/mol. The minimum atomic E-state index is -2.00. The minimum Gasteiger partial charge on any atom is -0.296 e. The maximum atomic E-state index is 11.2. The van der Waals surface area contributed by atoms with Crippen molar-refractivity contribution in [3.05, 3.63) is 0 Å². The highest BCUT2D eigenvalue weighted by Crippen LogP contribution is 2.39. The van der Waals surface area contributed by atoms with E-state index in [9.17, 15) is 9.13 Å². The third kappa shape index (κ3) is 8.74. The molecule has 2 unspecified atom stereocenters. The number of hydrogen-bond donors (Lipinski definition) is 0. The van der Waals surface area contributed by atoms with Gasteiger partial charge in [-0.1, -0.05) is 26.7 Å². The monoisotopic (exact) mass is 226 g/mol. The quantitative estimate of drug-likeness (QED) is 0.594. The molecule has 0 aromatic rings. The molecule has 0 spiro atoms. The van der Waals surface area contributed by atoms with Crippen molar-refractivity contribution in [3.8, 4) is 0 Å². The molecule has 0 aliphatic carbocycles. The fourth-order valence-corrected chi connectivity index (χ4v) is 3.99. The lowest BCUT2D eigenvalue weighted by molar-refractivity contribution is 0.485. The van der Waals surface area contributed by atoms with Gasteiger partial charge in [-0.25, -0.2) is 0 Å². The SMILES string of the molecule is CCCC[PH](=O)O[PH](=O)CCCC. The van der Waals surface area contributed by atoms with E-state index in [4.69, 9.17) is 4.31 Å². The van der Waals surface area contributed by atoms with Crippen LogP contribution in [0.3, 0.4) is 0 Å². The molecule has 0 heterocycles. The van der Waals surface area contributed by atoms with E-state index < -0.39 is 16.1 Å². The molecule has 13 heavy (non-hydrogen) atoms. The average Bonchev–Trinajstić information content (AvgIpc) is 2.11. The van der Waals surface area contributed by atoms with Gasteiger partial charge in [0.2, 0.25) is 0 Å². The number of unbranched alkanes of at least 4 members (excludes halogenated alkanes) is 2. The Bertz CT molecular complexity index is 153. The first-order valence-electron chi connectivity index (χ1n) is 4.94. The van der Waals surface area contributed by atoms with E-state index in [1.807, 2.05) is 13.8 Å². The molecule has 0 bridgehead atoms. The second kappa shape index (κ2) is 8.99. The van der Waals surface area contributed by atoms with Gasteiger partial charge in [-0.15, -0.1) is 0 Å². The number of rotatable bonds is 8. The van der Waals surface area contributed by atoms with Gasteiger partial charge in [-0.3, -0.25) is 13.4 Å². The van der Waals surface area contributed by atoms with Gasteiger partial charge in [0.05, 0.1) is 0 Å². The van der Waals surface area contributed by atoms with Crippen LogP contribution in [0, 0.1) is 0 Å². The molecule has 0 saturated heterocycles. The summed E-state index contributed by atoms with van der Waals surface area (Å²) in [5.74, 6) is 0. The average molecular weight is 226 g/mol. The molecule has 5 heteroatoms. The fourth-order valence-electron chi connectivity index (χ4n) is 0.871. The van der Waals surface area contributed by atoms with Crippen LogP contribution in [0.25, 0.3) is 0 Å². The second-order valence-electron chi connectivity index (χ2n) is 3.05. The Morgan fingerprint density at radius 1 is 0.923 bits per heavy atom. The summed E-state index contributed by atoms with van der Waals surface area (Å²) in [6.45, 7) is 4.07. The molecular formula is C8H20O3P2. The van der Waals surface area contributed by atoms with Crippen molar-refractivity contribution >= 4 is 16.1 Å². The summed E-state index contributed by atoms with van der Waals surface area (Å²) in [5.41, 5.74) is 0. The van der Waals surface area contributed by atoms with Crippen LogP contribution in [0.1, 0.15) is 39.5 Å². The van der Waals surface area contributed by atoms with Crippen LogP contribution in [-0.4, -0.2) is 12.3 Å². The molecule has 0 rings (SSSR count). The van der Waals surface area contributed by atoms with Crippen molar-refractivity contribution in [2.24, 2.45) is 0 Å². The predicted octanol–water partition coefficient (Wildman–Crippen LogP) is 3.55. The van der Waals surface area contributed by atoms with Gasteiger partial charge in [0.15, 0.2) is 16.1 Å². The lowest BCUT2D eigenvalue weighted by atomic mass is 10.4. The highest BCUT2D eigenvalue weighted by atomic mass is 31.2. The molecule has 2 atom stereocenters. The van der Waals surface area contributed by atoms with Crippen molar-refractivity contribution in [2.45, 2.75) is 39.5 Å². The maximum Gasteiger partial charge on any atom is 0.197 e. The Balaban J connectivity index is 3.47. The molecule has 0 radical (unpaired) electrons. The Labute approximate surface area is 82.0 Å². The minimum absolute atomic E-state index is 0.587. The first-order chi connectivity index (χ1) is 6.20. The summed E-state index contributed by atoms with van der Waals surface area (Å²) in [6, 6.07) is 0. The molecule has 80 valence electrons. The summed E-state index contributed by atoms with van der Waals surface area (Å²) < 4.78 is 27.3. The van der Waals surface area contributed by atoms with E-state index in [-0.39, 0.29) is 0 Å². The Morgan fingerprint density at radius 3 is 1.62 bits per heavy atom. The van der Waals surface area contributed by atoms with Gasteiger partial charge in [-0.2, -0.15) is 0 Å². The molecule has 0 aliphatic heterocycles. The summed E-state index contributed by atoms with van der Waals surface area (Å²) in [7, 11) is -4.00. The van der Waals surface area contributed by atoms with Crippen LogP contribution in [0.5, 0.6) is 0 Å². The van der Waals surface area contributed by atoms with Crippen molar-refractivity contribution in [2.75, 3.05) is 12.3 Å². The van der Waals surface area contributed by atoms with Crippen molar-refractivity contribution < 1.29 is 13.4 Å². The second-order valence-corrected chi connectivity index (χ2v) is 6.36. The Hall–Kier alpha value is 0.420. The zero-order valence-electron chi connectivity index (χ0n) is 8.47. The van der Waals surface area contributed by atoms with Crippen molar-refractivity contribution in [1.29, 1.82) is 0 Å². The lowest BCUT2D eigenvalue weighted by Crippen LogP contribution is -1.81. The van der Waals surface area contributed by atoms with E-state index in [1.165, 1.54) is 0 Å². The van der Waals surface area contributed by atoms with Crippen LogP contribution in [0.4, 0.5) is 0 Å². The normalized spacial score (nSPS) is 15.5. The predicted molar refractivity (Wildman–Crippen MR) is 58.6 cm³/mol. The van der Waals surface area contributed by atoms with Crippen molar-refractivity contribution in [3.63, 3.8) is 0 Å². The van der Waals surface area contributed by atoms with Crippen LogP contribution in [0.15, 0.2) is 0 Å². The molecule has 0 amide bonds. The topological polar surface area (TPSA) is 43.4 Å². The van der Waals surface area contributed by atoms with Crippen LogP contribution < -0.4 is 0 Å². The highest BCUT2D eigenvalue weighted by Gasteiger charge is 2.04. The Kier molecular flexibility index (Phi) is 9.28. The third-order valence-corrected chi connectivity index (χ3v) is 5.04. The van der Waals surface area contributed by atoms with Crippen molar-refractivity contribution in [1.82, 2.24) is 0 Å². The lowest BCUT2D eigenvalue weighted by Gasteiger charge is -2.02. The molecule has 0 N–H and O–H groups in total. The smallest absolute Gasteiger partial charge is 0.197 e. The number of hydrogen-bond acceptors (Lipinski definition) is 3. The molecule has 0 aliphatic rings. The molecule has 0 fully saturated rings. The molecule has 0 saturated carbocycles. The third-order valence-electron chi connectivity index (χ3n) is 1.70. The van der Waals surface area contributed by atoms with Gasteiger partial charge in [0.25, 0.3) is 0 Å². The van der Waals surface area contributed by atoms with Gasteiger partial charge in [0.1, 0.15) is 0 Å². The van der Waals surface area contributed by atoms with E-state index in [0.717, 1.165) is 25.7 Å². The van der Waals surface area contributed by atoms with Gasteiger partial charge >= 0.3 is 0 Å². The standard InChI is InChI=1S/C8H20O3P2/c1-3-5-7-12(9)11-13(10)8-6-4-2/h12-13H,3-8H2,1-2H3. The zero-order valence-corrected chi connectivity index (χ0v) is 10.5. The first-order valence-corrected chi connectivity index (χ1v) is 7.99.